The number of rotatable bonds is 5. The van der Waals surface area contributed by atoms with Crippen molar-refractivity contribution in [3.8, 4) is 5.75 Å². The topological polar surface area (TPSA) is 47.3 Å². The maximum atomic E-state index is 5.82. The predicted octanol–water partition coefficient (Wildman–Crippen LogP) is 3.49. The van der Waals surface area contributed by atoms with Gasteiger partial charge in [0.25, 0.3) is 0 Å². The van der Waals surface area contributed by atoms with Crippen LogP contribution in [0.1, 0.15) is 39.4 Å². The molecule has 0 saturated heterocycles. The minimum Gasteiger partial charge on any atom is -0.496 e. The van der Waals surface area contributed by atoms with Crippen LogP contribution in [0.5, 0.6) is 5.75 Å². The standard InChI is InChI=1S/C16H22N2OS/c1-5-12-6-7-14(20-12)16(18-17)15-11(3)8-10(2)9-13(15)19-4/h6-9,16,18H,5,17H2,1-4H3. The highest BCUT2D eigenvalue weighted by Gasteiger charge is 2.21. The first kappa shape index (κ1) is 15.0. The number of benzene rings is 1. The molecule has 1 aromatic heterocycles. The van der Waals surface area contributed by atoms with Crippen molar-refractivity contribution >= 4 is 11.3 Å². The molecule has 3 nitrogen and oxygen atoms in total. The van der Waals surface area contributed by atoms with Crippen LogP contribution in [-0.4, -0.2) is 7.11 Å². The van der Waals surface area contributed by atoms with Gasteiger partial charge in [0.2, 0.25) is 0 Å². The molecule has 0 fully saturated rings. The molecule has 4 heteroatoms. The minimum atomic E-state index is -0.0316. The van der Waals surface area contributed by atoms with Gasteiger partial charge in [-0.25, -0.2) is 5.43 Å². The average molecular weight is 290 g/mol. The molecule has 2 rings (SSSR count). The second-order valence-corrected chi connectivity index (χ2v) is 6.15. The fourth-order valence-electron chi connectivity index (χ4n) is 2.53. The van der Waals surface area contributed by atoms with Crippen LogP contribution in [-0.2, 0) is 6.42 Å². The molecule has 0 spiro atoms. The van der Waals surface area contributed by atoms with Gasteiger partial charge in [0, 0.05) is 15.3 Å². The lowest BCUT2D eigenvalue weighted by Gasteiger charge is -2.21. The van der Waals surface area contributed by atoms with Gasteiger partial charge in [-0.05, 0) is 49.6 Å². The van der Waals surface area contributed by atoms with Crippen molar-refractivity contribution < 1.29 is 4.74 Å². The molecular formula is C16H22N2OS. The molecule has 1 aromatic carbocycles. The molecule has 0 radical (unpaired) electrons. The van der Waals surface area contributed by atoms with E-state index in [0.29, 0.717) is 0 Å². The van der Waals surface area contributed by atoms with Crippen LogP contribution >= 0.6 is 11.3 Å². The van der Waals surface area contributed by atoms with Crippen molar-refractivity contribution in [2.45, 2.75) is 33.2 Å². The Labute approximate surface area is 124 Å². The first-order chi connectivity index (χ1) is 9.60. The fourth-order valence-corrected chi connectivity index (χ4v) is 3.55. The van der Waals surface area contributed by atoms with E-state index in [1.165, 1.54) is 20.9 Å². The van der Waals surface area contributed by atoms with Crippen LogP contribution < -0.4 is 16.0 Å². The van der Waals surface area contributed by atoms with Crippen molar-refractivity contribution in [3.05, 3.63) is 50.7 Å². The Balaban J connectivity index is 2.51. The Kier molecular flexibility index (Phi) is 4.81. The fraction of sp³-hybridized carbons (Fsp3) is 0.375. The van der Waals surface area contributed by atoms with Gasteiger partial charge in [0.1, 0.15) is 5.75 Å². The molecule has 3 N–H and O–H groups in total. The van der Waals surface area contributed by atoms with Crippen LogP contribution in [0.25, 0.3) is 0 Å². The lowest BCUT2D eigenvalue weighted by Crippen LogP contribution is -2.29. The van der Waals surface area contributed by atoms with Crippen LogP contribution in [0, 0.1) is 13.8 Å². The van der Waals surface area contributed by atoms with Gasteiger partial charge < -0.3 is 4.74 Å². The number of hydrazine groups is 1. The van der Waals surface area contributed by atoms with Crippen LogP contribution in [0.4, 0.5) is 0 Å². The molecule has 0 aliphatic carbocycles. The third-order valence-electron chi connectivity index (χ3n) is 3.48. The molecule has 0 bridgehead atoms. The normalized spacial score (nSPS) is 12.4. The highest BCUT2D eigenvalue weighted by molar-refractivity contribution is 7.12. The van der Waals surface area contributed by atoms with Crippen molar-refractivity contribution in [1.82, 2.24) is 5.43 Å². The molecule has 20 heavy (non-hydrogen) atoms. The summed E-state index contributed by atoms with van der Waals surface area (Å²) in [6.45, 7) is 6.34. The largest absolute Gasteiger partial charge is 0.496 e. The van der Waals surface area contributed by atoms with Gasteiger partial charge in [-0.3, -0.25) is 5.84 Å². The van der Waals surface area contributed by atoms with Crippen LogP contribution in [0.15, 0.2) is 24.3 Å². The van der Waals surface area contributed by atoms with Gasteiger partial charge >= 0.3 is 0 Å². The van der Waals surface area contributed by atoms with E-state index in [-0.39, 0.29) is 6.04 Å². The quantitative estimate of drug-likeness (QED) is 0.654. The highest BCUT2D eigenvalue weighted by Crippen LogP contribution is 2.36. The zero-order chi connectivity index (χ0) is 14.7. The highest BCUT2D eigenvalue weighted by atomic mass is 32.1. The van der Waals surface area contributed by atoms with Crippen molar-refractivity contribution in [1.29, 1.82) is 0 Å². The van der Waals surface area contributed by atoms with E-state index in [4.69, 9.17) is 10.6 Å². The summed E-state index contributed by atoms with van der Waals surface area (Å²) in [6.07, 6.45) is 1.05. The van der Waals surface area contributed by atoms with Crippen molar-refractivity contribution in [3.63, 3.8) is 0 Å². The molecule has 108 valence electrons. The number of ether oxygens (including phenoxy) is 1. The summed E-state index contributed by atoms with van der Waals surface area (Å²) in [4.78, 5) is 2.58. The predicted molar refractivity (Wildman–Crippen MR) is 85.3 cm³/mol. The Morgan fingerprint density at radius 1 is 1.30 bits per heavy atom. The lowest BCUT2D eigenvalue weighted by molar-refractivity contribution is 0.403. The number of aryl methyl sites for hydroxylation is 3. The molecule has 1 heterocycles. The van der Waals surface area contributed by atoms with E-state index >= 15 is 0 Å². The second-order valence-electron chi connectivity index (χ2n) is 4.96. The summed E-state index contributed by atoms with van der Waals surface area (Å²) < 4.78 is 5.55. The second kappa shape index (κ2) is 6.39. The number of hydrogen-bond donors (Lipinski definition) is 2. The van der Waals surface area contributed by atoms with E-state index in [0.717, 1.165) is 17.7 Å². The van der Waals surface area contributed by atoms with E-state index in [2.05, 4.69) is 50.5 Å². The summed E-state index contributed by atoms with van der Waals surface area (Å²) in [5.41, 5.74) is 6.44. The van der Waals surface area contributed by atoms with Gasteiger partial charge in [-0.1, -0.05) is 13.0 Å². The zero-order valence-electron chi connectivity index (χ0n) is 12.5. The first-order valence-corrected chi connectivity index (χ1v) is 7.62. The molecule has 0 aliphatic heterocycles. The lowest BCUT2D eigenvalue weighted by atomic mass is 9.97. The molecule has 0 amide bonds. The van der Waals surface area contributed by atoms with E-state index < -0.39 is 0 Å². The third-order valence-corrected chi connectivity index (χ3v) is 4.78. The summed E-state index contributed by atoms with van der Waals surface area (Å²) in [5.74, 6) is 6.71. The van der Waals surface area contributed by atoms with Gasteiger partial charge in [-0.2, -0.15) is 0 Å². The van der Waals surface area contributed by atoms with E-state index in [1.54, 1.807) is 18.4 Å². The Hall–Kier alpha value is -1.36. The zero-order valence-corrected chi connectivity index (χ0v) is 13.3. The van der Waals surface area contributed by atoms with Crippen molar-refractivity contribution in [2.75, 3.05) is 7.11 Å². The average Bonchev–Trinajstić information content (AvgIpc) is 2.90. The Morgan fingerprint density at radius 2 is 2.05 bits per heavy atom. The number of hydrogen-bond acceptors (Lipinski definition) is 4. The smallest absolute Gasteiger partial charge is 0.124 e. The van der Waals surface area contributed by atoms with E-state index in [9.17, 15) is 0 Å². The van der Waals surface area contributed by atoms with Gasteiger partial charge in [0.05, 0.1) is 13.2 Å². The molecule has 0 aliphatic rings. The molecule has 1 unspecified atom stereocenters. The minimum absolute atomic E-state index is 0.0316. The number of nitrogens with two attached hydrogens (primary N) is 1. The summed E-state index contributed by atoms with van der Waals surface area (Å²) in [7, 11) is 1.71. The molecule has 0 saturated carbocycles. The monoisotopic (exact) mass is 290 g/mol. The number of thiophene rings is 1. The van der Waals surface area contributed by atoms with Crippen molar-refractivity contribution in [2.24, 2.45) is 5.84 Å². The molecule has 1 atom stereocenters. The first-order valence-electron chi connectivity index (χ1n) is 6.80. The Bertz CT molecular complexity index is 592. The molecular weight excluding hydrogens is 268 g/mol. The summed E-state index contributed by atoms with van der Waals surface area (Å²) >= 11 is 1.79. The van der Waals surface area contributed by atoms with Gasteiger partial charge in [-0.15, -0.1) is 11.3 Å². The van der Waals surface area contributed by atoms with Gasteiger partial charge in [0.15, 0.2) is 0 Å². The SMILES string of the molecule is CCc1ccc(C(NN)c2c(C)cc(C)cc2OC)s1. The maximum absolute atomic E-state index is 5.82. The number of methoxy groups -OCH3 is 1. The summed E-state index contributed by atoms with van der Waals surface area (Å²) in [6, 6.07) is 8.50. The maximum Gasteiger partial charge on any atom is 0.124 e. The van der Waals surface area contributed by atoms with Crippen LogP contribution in [0.3, 0.4) is 0 Å². The Morgan fingerprint density at radius 3 is 2.60 bits per heavy atom. The van der Waals surface area contributed by atoms with Crippen LogP contribution in [0.2, 0.25) is 0 Å². The number of nitrogens with one attached hydrogen (secondary N) is 1. The molecule has 2 aromatic rings. The van der Waals surface area contributed by atoms with E-state index in [1.807, 2.05) is 0 Å². The summed E-state index contributed by atoms with van der Waals surface area (Å²) in [5, 5.41) is 0. The third kappa shape index (κ3) is 2.87.